The molecule has 29 heavy (non-hydrogen) atoms. The summed E-state index contributed by atoms with van der Waals surface area (Å²) in [5, 5.41) is 2.85. The van der Waals surface area contributed by atoms with Crippen LogP contribution in [0.2, 0.25) is 0 Å². The van der Waals surface area contributed by atoms with Crippen LogP contribution in [0.4, 0.5) is 5.69 Å². The van der Waals surface area contributed by atoms with Gasteiger partial charge in [-0.25, -0.2) is 0 Å². The van der Waals surface area contributed by atoms with E-state index in [4.69, 9.17) is 14.2 Å². The minimum absolute atomic E-state index is 0.0510. The number of carbonyl (C=O) groups excluding carboxylic acids is 1. The summed E-state index contributed by atoms with van der Waals surface area (Å²) in [5.41, 5.74) is 1.92. The summed E-state index contributed by atoms with van der Waals surface area (Å²) in [6.45, 7) is 7.72. The number of anilines is 1. The SMILES string of the molecule is CC(C)(C)c1ccc(OCC(=O)Nc2cccc(OCC3CCCO3)c2)c(Br)c1. The van der Waals surface area contributed by atoms with E-state index in [-0.39, 0.29) is 24.0 Å². The molecule has 1 aliphatic rings. The molecule has 1 atom stereocenters. The maximum absolute atomic E-state index is 12.3. The van der Waals surface area contributed by atoms with Crippen LogP contribution in [0, 0.1) is 0 Å². The van der Waals surface area contributed by atoms with Gasteiger partial charge in [0.05, 0.1) is 10.6 Å². The van der Waals surface area contributed by atoms with Crippen LogP contribution in [0.3, 0.4) is 0 Å². The average Bonchev–Trinajstić information content (AvgIpc) is 3.18. The van der Waals surface area contributed by atoms with Crippen molar-refractivity contribution in [3.05, 3.63) is 52.5 Å². The Morgan fingerprint density at radius 2 is 2.03 bits per heavy atom. The molecule has 2 aromatic carbocycles. The van der Waals surface area contributed by atoms with Crippen LogP contribution < -0.4 is 14.8 Å². The van der Waals surface area contributed by atoms with Crippen molar-refractivity contribution >= 4 is 27.5 Å². The molecule has 1 amide bonds. The Kier molecular flexibility index (Phi) is 7.19. The van der Waals surface area contributed by atoms with E-state index in [2.05, 4.69) is 42.0 Å². The molecule has 1 heterocycles. The van der Waals surface area contributed by atoms with Crippen molar-refractivity contribution in [3.63, 3.8) is 0 Å². The van der Waals surface area contributed by atoms with Gasteiger partial charge in [0, 0.05) is 18.4 Å². The van der Waals surface area contributed by atoms with Gasteiger partial charge in [-0.3, -0.25) is 4.79 Å². The van der Waals surface area contributed by atoms with Crippen LogP contribution in [0.5, 0.6) is 11.5 Å². The van der Waals surface area contributed by atoms with Gasteiger partial charge in [0.2, 0.25) is 0 Å². The van der Waals surface area contributed by atoms with Crippen LogP contribution in [0.1, 0.15) is 39.2 Å². The van der Waals surface area contributed by atoms with Crippen LogP contribution >= 0.6 is 15.9 Å². The summed E-state index contributed by atoms with van der Waals surface area (Å²) >= 11 is 3.53. The molecule has 156 valence electrons. The molecule has 3 rings (SSSR count). The maximum Gasteiger partial charge on any atom is 0.262 e. The zero-order valence-electron chi connectivity index (χ0n) is 17.2. The van der Waals surface area contributed by atoms with Crippen LogP contribution in [-0.2, 0) is 14.9 Å². The van der Waals surface area contributed by atoms with Crippen molar-refractivity contribution in [2.45, 2.75) is 45.1 Å². The molecule has 1 unspecified atom stereocenters. The van der Waals surface area contributed by atoms with E-state index in [9.17, 15) is 4.79 Å². The molecule has 0 spiro atoms. The number of hydrogen-bond donors (Lipinski definition) is 1. The maximum atomic E-state index is 12.3. The normalized spacial score (nSPS) is 16.5. The fraction of sp³-hybridized carbons (Fsp3) is 0.435. The highest BCUT2D eigenvalue weighted by atomic mass is 79.9. The van der Waals surface area contributed by atoms with Gasteiger partial charge in [-0.15, -0.1) is 0 Å². The lowest BCUT2D eigenvalue weighted by Crippen LogP contribution is -2.20. The summed E-state index contributed by atoms with van der Waals surface area (Å²) in [6.07, 6.45) is 2.27. The largest absolute Gasteiger partial charge is 0.491 e. The Morgan fingerprint density at radius 3 is 2.72 bits per heavy atom. The summed E-state index contributed by atoms with van der Waals surface area (Å²) in [5.74, 6) is 1.12. The first-order valence-corrected chi connectivity index (χ1v) is 10.7. The number of amides is 1. The van der Waals surface area contributed by atoms with E-state index >= 15 is 0 Å². The predicted octanol–water partition coefficient (Wildman–Crippen LogP) is 5.32. The predicted molar refractivity (Wildman–Crippen MR) is 118 cm³/mol. The molecule has 2 aromatic rings. The van der Waals surface area contributed by atoms with Crippen LogP contribution in [-0.4, -0.2) is 31.8 Å². The third-order valence-corrected chi connectivity index (χ3v) is 5.35. The molecule has 6 heteroatoms. The quantitative estimate of drug-likeness (QED) is 0.605. The van der Waals surface area contributed by atoms with Crippen molar-refractivity contribution < 1.29 is 19.0 Å². The Hall–Kier alpha value is -2.05. The Morgan fingerprint density at radius 1 is 1.21 bits per heavy atom. The van der Waals surface area contributed by atoms with Gasteiger partial charge in [0.1, 0.15) is 18.1 Å². The Labute approximate surface area is 180 Å². The van der Waals surface area contributed by atoms with Crippen molar-refractivity contribution in [3.8, 4) is 11.5 Å². The second kappa shape index (κ2) is 9.63. The molecule has 0 aromatic heterocycles. The second-order valence-corrected chi connectivity index (χ2v) is 9.06. The number of nitrogens with one attached hydrogen (secondary N) is 1. The Bertz CT molecular complexity index is 841. The Balaban J connectivity index is 1.51. The summed E-state index contributed by atoms with van der Waals surface area (Å²) in [4.78, 5) is 12.3. The zero-order chi connectivity index (χ0) is 20.9. The minimum atomic E-state index is -0.229. The molecule has 5 nitrogen and oxygen atoms in total. The van der Waals surface area contributed by atoms with Crippen molar-refractivity contribution in [1.29, 1.82) is 0 Å². The number of rotatable bonds is 7. The van der Waals surface area contributed by atoms with Crippen molar-refractivity contribution in [2.75, 3.05) is 25.1 Å². The third kappa shape index (κ3) is 6.47. The van der Waals surface area contributed by atoms with E-state index in [1.54, 1.807) is 6.07 Å². The average molecular weight is 462 g/mol. The highest BCUT2D eigenvalue weighted by Crippen LogP contribution is 2.31. The minimum Gasteiger partial charge on any atom is -0.491 e. The third-order valence-electron chi connectivity index (χ3n) is 4.73. The molecule has 1 fully saturated rings. The first-order chi connectivity index (χ1) is 13.8. The topological polar surface area (TPSA) is 56.8 Å². The molecular formula is C23H28BrNO4. The van der Waals surface area contributed by atoms with Gasteiger partial charge >= 0.3 is 0 Å². The highest BCUT2D eigenvalue weighted by Gasteiger charge is 2.17. The van der Waals surface area contributed by atoms with Gasteiger partial charge in [-0.1, -0.05) is 32.9 Å². The summed E-state index contributed by atoms with van der Waals surface area (Å²) < 4.78 is 17.9. The first kappa shape index (κ1) is 21.7. The van der Waals surface area contributed by atoms with Crippen LogP contribution in [0.25, 0.3) is 0 Å². The number of benzene rings is 2. The second-order valence-electron chi connectivity index (χ2n) is 8.21. The molecule has 1 saturated heterocycles. The van der Waals surface area contributed by atoms with Crippen LogP contribution in [0.15, 0.2) is 46.9 Å². The van der Waals surface area contributed by atoms with Gasteiger partial charge in [-0.05, 0) is 64.0 Å². The fourth-order valence-electron chi connectivity index (χ4n) is 3.05. The van der Waals surface area contributed by atoms with Gasteiger partial charge in [0.15, 0.2) is 6.61 Å². The lowest BCUT2D eigenvalue weighted by atomic mass is 9.87. The number of ether oxygens (including phenoxy) is 3. The van der Waals surface area contributed by atoms with E-state index in [1.807, 2.05) is 36.4 Å². The zero-order valence-corrected chi connectivity index (χ0v) is 18.8. The van der Waals surface area contributed by atoms with Gasteiger partial charge < -0.3 is 19.5 Å². The fourth-order valence-corrected chi connectivity index (χ4v) is 3.55. The summed E-state index contributed by atoms with van der Waals surface area (Å²) in [7, 11) is 0. The molecule has 1 aliphatic heterocycles. The van der Waals surface area contributed by atoms with Gasteiger partial charge in [0.25, 0.3) is 5.91 Å². The lowest BCUT2D eigenvalue weighted by molar-refractivity contribution is -0.118. The monoisotopic (exact) mass is 461 g/mol. The number of halogens is 1. The molecule has 1 N–H and O–H groups in total. The highest BCUT2D eigenvalue weighted by molar-refractivity contribution is 9.10. The molecule has 0 aliphatic carbocycles. The van der Waals surface area contributed by atoms with E-state index < -0.39 is 0 Å². The van der Waals surface area contributed by atoms with Crippen molar-refractivity contribution in [1.82, 2.24) is 0 Å². The first-order valence-electron chi connectivity index (χ1n) is 9.88. The molecular weight excluding hydrogens is 434 g/mol. The van der Waals surface area contributed by atoms with E-state index in [0.29, 0.717) is 23.8 Å². The standard InChI is InChI=1S/C23H28BrNO4/c1-23(2,3)16-9-10-21(20(24)12-16)29-15-22(26)25-17-6-4-7-18(13-17)28-14-19-8-5-11-27-19/h4,6-7,9-10,12-13,19H,5,8,11,14-15H2,1-3H3,(H,25,26). The molecule has 0 radical (unpaired) electrons. The molecule has 0 bridgehead atoms. The number of carbonyl (C=O) groups is 1. The van der Waals surface area contributed by atoms with E-state index in [1.165, 1.54) is 5.56 Å². The van der Waals surface area contributed by atoms with Crippen molar-refractivity contribution in [2.24, 2.45) is 0 Å². The number of hydrogen-bond acceptors (Lipinski definition) is 4. The summed E-state index contributed by atoms with van der Waals surface area (Å²) in [6, 6.07) is 13.3. The molecule has 0 saturated carbocycles. The van der Waals surface area contributed by atoms with Gasteiger partial charge in [-0.2, -0.15) is 0 Å². The smallest absolute Gasteiger partial charge is 0.262 e. The van der Waals surface area contributed by atoms with E-state index in [0.717, 1.165) is 23.9 Å². The lowest BCUT2D eigenvalue weighted by Gasteiger charge is -2.20.